The average molecular weight is 458 g/mol. The van der Waals surface area contributed by atoms with Crippen LogP contribution in [0.2, 0.25) is 0 Å². The van der Waals surface area contributed by atoms with E-state index in [9.17, 15) is 9.59 Å². The molecule has 0 aliphatic carbocycles. The molecule has 2 aromatic carbocycles. The van der Waals surface area contributed by atoms with Crippen LogP contribution < -0.4 is 5.32 Å². The standard InChI is InChI=1S/C22H24BrN3O3/c1-2-29-22(28)25-13-11-17(12-14-25)26-20(24-16-9-7-15(23)8-10-16)18-5-3-4-6-19(18)21(26)27/h3-10,17,20,24H,2,11-14H2,1H3/t20-/m1/s1. The monoisotopic (exact) mass is 457 g/mol. The summed E-state index contributed by atoms with van der Waals surface area (Å²) >= 11 is 3.46. The van der Waals surface area contributed by atoms with Crippen molar-refractivity contribution in [1.29, 1.82) is 0 Å². The molecule has 2 amide bonds. The van der Waals surface area contributed by atoms with Gasteiger partial charge in [-0.05, 0) is 50.1 Å². The molecule has 7 heteroatoms. The predicted molar refractivity (Wildman–Crippen MR) is 115 cm³/mol. The van der Waals surface area contributed by atoms with Gasteiger partial charge in [-0.2, -0.15) is 0 Å². The van der Waals surface area contributed by atoms with Crippen molar-refractivity contribution in [3.8, 4) is 0 Å². The van der Waals surface area contributed by atoms with Crippen molar-refractivity contribution in [1.82, 2.24) is 9.80 Å². The van der Waals surface area contributed by atoms with E-state index in [0.29, 0.717) is 19.7 Å². The summed E-state index contributed by atoms with van der Waals surface area (Å²) in [6.45, 7) is 3.37. The lowest BCUT2D eigenvalue weighted by atomic mass is 10.0. The van der Waals surface area contributed by atoms with E-state index in [4.69, 9.17) is 4.74 Å². The number of hydrogen-bond donors (Lipinski definition) is 1. The summed E-state index contributed by atoms with van der Waals surface area (Å²) < 4.78 is 6.12. The number of amides is 2. The van der Waals surface area contributed by atoms with Crippen LogP contribution in [0.1, 0.15) is 41.9 Å². The third kappa shape index (κ3) is 3.96. The van der Waals surface area contributed by atoms with Gasteiger partial charge in [0.1, 0.15) is 6.17 Å². The Labute approximate surface area is 178 Å². The second-order valence-electron chi connectivity index (χ2n) is 7.27. The predicted octanol–water partition coefficient (Wildman–Crippen LogP) is 4.64. The molecule has 2 aliphatic heterocycles. The number of nitrogens with one attached hydrogen (secondary N) is 1. The Morgan fingerprint density at radius 3 is 2.52 bits per heavy atom. The third-order valence-electron chi connectivity index (χ3n) is 5.53. The molecule has 1 fully saturated rings. The highest BCUT2D eigenvalue weighted by Crippen LogP contribution is 2.38. The minimum atomic E-state index is -0.272. The number of hydrogen-bond acceptors (Lipinski definition) is 4. The number of benzene rings is 2. The Morgan fingerprint density at radius 2 is 1.83 bits per heavy atom. The van der Waals surface area contributed by atoms with E-state index < -0.39 is 0 Å². The number of ether oxygens (including phenoxy) is 1. The number of fused-ring (bicyclic) bond motifs is 1. The van der Waals surface area contributed by atoms with Crippen LogP contribution in [0.15, 0.2) is 53.0 Å². The molecule has 0 aromatic heterocycles. The Balaban J connectivity index is 1.55. The van der Waals surface area contributed by atoms with E-state index in [1.165, 1.54) is 0 Å². The van der Waals surface area contributed by atoms with Gasteiger partial charge in [0.2, 0.25) is 0 Å². The van der Waals surface area contributed by atoms with Gasteiger partial charge in [-0.1, -0.05) is 34.1 Å². The maximum absolute atomic E-state index is 13.2. The fraction of sp³-hybridized carbons (Fsp3) is 0.364. The van der Waals surface area contributed by atoms with E-state index in [1.54, 1.807) is 4.90 Å². The largest absolute Gasteiger partial charge is 0.450 e. The molecule has 1 N–H and O–H groups in total. The molecule has 0 saturated carbocycles. The Hall–Kier alpha value is -2.54. The number of rotatable bonds is 4. The molecule has 2 heterocycles. The molecule has 0 bridgehead atoms. The molecule has 1 atom stereocenters. The summed E-state index contributed by atoms with van der Waals surface area (Å²) in [5.74, 6) is 0.0461. The van der Waals surface area contributed by atoms with Gasteiger partial charge < -0.3 is 19.9 Å². The molecule has 29 heavy (non-hydrogen) atoms. The Bertz CT molecular complexity index is 894. The zero-order valence-corrected chi connectivity index (χ0v) is 17.9. The highest BCUT2D eigenvalue weighted by Gasteiger charge is 2.42. The van der Waals surface area contributed by atoms with Crippen LogP contribution in [0.25, 0.3) is 0 Å². The number of halogens is 1. The maximum Gasteiger partial charge on any atom is 0.409 e. The average Bonchev–Trinajstić information content (AvgIpc) is 3.02. The lowest BCUT2D eigenvalue weighted by Gasteiger charge is -2.39. The molecule has 152 valence electrons. The molecule has 0 unspecified atom stereocenters. The fourth-order valence-electron chi connectivity index (χ4n) is 4.11. The smallest absolute Gasteiger partial charge is 0.409 e. The van der Waals surface area contributed by atoms with Crippen molar-refractivity contribution in [3.05, 3.63) is 64.1 Å². The first-order chi connectivity index (χ1) is 14.1. The van der Waals surface area contributed by atoms with Crippen molar-refractivity contribution in [2.45, 2.75) is 32.0 Å². The first-order valence-electron chi connectivity index (χ1n) is 9.94. The molecule has 0 spiro atoms. The second-order valence-corrected chi connectivity index (χ2v) is 8.19. The summed E-state index contributed by atoms with van der Waals surface area (Å²) in [4.78, 5) is 28.9. The van der Waals surface area contributed by atoms with Crippen LogP contribution in [0.5, 0.6) is 0 Å². The van der Waals surface area contributed by atoms with Crippen molar-refractivity contribution in [2.24, 2.45) is 0 Å². The van der Waals surface area contributed by atoms with Gasteiger partial charge in [0.15, 0.2) is 0 Å². The molecule has 6 nitrogen and oxygen atoms in total. The van der Waals surface area contributed by atoms with E-state index in [1.807, 2.05) is 60.4 Å². The second kappa shape index (κ2) is 8.45. The van der Waals surface area contributed by atoms with Gasteiger partial charge in [0.05, 0.1) is 6.61 Å². The minimum absolute atomic E-state index is 0.0461. The van der Waals surface area contributed by atoms with Crippen LogP contribution in [0.4, 0.5) is 10.5 Å². The van der Waals surface area contributed by atoms with Gasteiger partial charge in [-0.25, -0.2) is 4.79 Å². The highest BCUT2D eigenvalue weighted by atomic mass is 79.9. The normalized spacial score (nSPS) is 19.2. The van der Waals surface area contributed by atoms with Crippen molar-refractivity contribution >= 4 is 33.6 Å². The lowest BCUT2D eigenvalue weighted by molar-refractivity contribution is 0.0496. The molecule has 2 aromatic rings. The summed E-state index contributed by atoms with van der Waals surface area (Å²) in [5.41, 5.74) is 2.69. The number of nitrogens with zero attached hydrogens (tertiary/aromatic N) is 2. The quantitative estimate of drug-likeness (QED) is 0.726. The molecular weight excluding hydrogens is 434 g/mol. The number of carbonyl (C=O) groups is 2. The van der Waals surface area contributed by atoms with Crippen molar-refractivity contribution in [3.63, 3.8) is 0 Å². The first kappa shape index (κ1) is 19.8. The van der Waals surface area contributed by atoms with Gasteiger partial charge in [-0.3, -0.25) is 4.79 Å². The van der Waals surface area contributed by atoms with E-state index in [-0.39, 0.29) is 24.2 Å². The number of anilines is 1. The topological polar surface area (TPSA) is 61.9 Å². The minimum Gasteiger partial charge on any atom is -0.450 e. The van der Waals surface area contributed by atoms with Crippen LogP contribution in [0.3, 0.4) is 0 Å². The first-order valence-corrected chi connectivity index (χ1v) is 10.7. The van der Waals surface area contributed by atoms with Crippen LogP contribution in [0, 0.1) is 0 Å². The van der Waals surface area contributed by atoms with Crippen LogP contribution in [-0.2, 0) is 4.74 Å². The lowest BCUT2D eigenvalue weighted by Crippen LogP contribution is -2.49. The van der Waals surface area contributed by atoms with Gasteiger partial charge in [0, 0.05) is 40.4 Å². The van der Waals surface area contributed by atoms with E-state index in [2.05, 4.69) is 21.2 Å². The summed E-state index contributed by atoms with van der Waals surface area (Å²) in [5, 5.41) is 3.54. The molecule has 4 rings (SSSR count). The van der Waals surface area contributed by atoms with Crippen molar-refractivity contribution < 1.29 is 14.3 Å². The number of carbonyl (C=O) groups excluding carboxylic acids is 2. The maximum atomic E-state index is 13.2. The SMILES string of the molecule is CCOC(=O)N1CCC(N2C(=O)c3ccccc3[C@@H]2Nc2ccc(Br)cc2)CC1. The van der Waals surface area contributed by atoms with Crippen LogP contribution >= 0.6 is 15.9 Å². The molecule has 1 saturated heterocycles. The number of piperidine rings is 1. The Morgan fingerprint density at radius 1 is 1.14 bits per heavy atom. The molecule has 2 aliphatic rings. The van der Waals surface area contributed by atoms with Gasteiger partial charge >= 0.3 is 6.09 Å². The van der Waals surface area contributed by atoms with Crippen LogP contribution in [-0.4, -0.2) is 47.5 Å². The zero-order chi connectivity index (χ0) is 20.4. The number of likely N-dealkylation sites (tertiary alicyclic amines) is 1. The third-order valence-corrected chi connectivity index (χ3v) is 6.06. The fourth-order valence-corrected chi connectivity index (χ4v) is 4.37. The summed E-state index contributed by atoms with van der Waals surface area (Å²) in [6.07, 6.45) is 0.972. The zero-order valence-electron chi connectivity index (χ0n) is 16.3. The van der Waals surface area contributed by atoms with Gasteiger partial charge in [-0.15, -0.1) is 0 Å². The van der Waals surface area contributed by atoms with E-state index >= 15 is 0 Å². The molecular formula is C22H24BrN3O3. The van der Waals surface area contributed by atoms with Gasteiger partial charge in [0.25, 0.3) is 5.91 Å². The highest BCUT2D eigenvalue weighted by molar-refractivity contribution is 9.10. The van der Waals surface area contributed by atoms with Crippen molar-refractivity contribution in [2.75, 3.05) is 25.0 Å². The summed E-state index contributed by atoms with van der Waals surface area (Å²) in [7, 11) is 0. The Kier molecular flexibility index (Phi) is 5.76. The van der Waals surface area contributed by atoms with E-state index in [0.717, 1.165) is 34.1 Å². The summed E-state index contributed by atoms with van der Waals surface area (Å²) in [6, 6.07) is 15.8. The molecule has 0 radical (unpaired) electrons.